The van der Waals surface area contributed by atoms with E-state index in [0.29, 0.717) is 29.2 Å². The predicted octanol–water partition coefficient (Wildman–Crippen LogP) is 3.68. The lowest BCUT2D eigenvalue weighted by Gasteiger charge is -2.30. The van der Waals surface area contributed by atoms with E-state index in [9.17, 15) is 4.79 Å². The summed E-state index contributed by atoms with van der Waals surface area (Å²) in [5.74, 6) is -0.0989. The third-order valence-corrected chi connectivity index (χ3v) is 4.52. The van der Waals surface area contributed by atoms with Crippen LogP contribution >= 0.6 is 11.6 Å². The Labute approximate surface area is 155 Å². The number of benzene rings is 1. The van der Waals surface area contributed by atoms with E-state index in [0.717, 1.165) is 17.9 Å². The lowest BCUT2D eigenvalue weighted by molar-refractivity contribution is 0.0939. The molecule has 1 N–H and O–H groups in total. The summed E-state index contributed by atoms with van der Waals surface area (Å²) in [5, 5.41) is 7.97. The summed E-state index contributed by atoms with van der Waals surface area (Å²) in [7, 11) is 0. The van der Waals surface area contributed by atoms with Crippen molar-refractivity contribution < 1.29 is 4.79 Å². The first kappa shape index (κ1) is 19.5. The zero-order chi connectivity index (χ0) is 18.6. The Bertz CT molecular complexity index is 716. The maximum absolute atomic E-state index is 12.5. The van der Waals surface area contributed by atoms with Crippen molar-refractivity contribution in [2.24, 2.45) is 0 Å². The highest BCUT2D eigenvalue weighted by molar-refractivity contribution is 6.30. The first-order valence-corrected chi connectivity index (χ1v) is 9.03. The molecule has 1 heterocycles. The summed E-state index contributed by atoms with van der Waals surface area (Å²) in [5.41, 5.74) is 2.22. The largest absolute Gasteiger partial charge is 0.351 e. The van der Waals surface area contributed by atoms with Crippen molar-refractivity contribution in [1.82, 2.24) is 20.0 Å². The molecule has 136 valence electrons. The van der Waals surface area contributed by atoms with E-state index in [1.54, 1.807) is 10.9 Å². The summed E-state index contributed by atoms with van der Waals surface area (Å²) < 4.78 is 1.73. The van der Waals surface area contributed by atoms with Crippen LogP contribution in [0.4, 0.5) is 0 Å². The standard InChI is InChI=1S/C19H27ClN4O/c1-13(2)23(14(3)4)10-9-21-19(25)18-12-22-24(15(18)5)17-8-6-7-16(20)11-17/h6-8,11-14H,9-10H2,1-5H3,(H,21,25). The fourth-order valence-corrected chi connectivity index (χ4v) is 3.19. The van der Waals surface area contributed by atoms with E-state index in [4.69, 9.17) is 11.6 Å². The SMILES string of the molecule is Cc1c(C(=O)NCCN(C(C)C)C(C)C)cnn1-c1cccc(Cl)c1. The molecule has 1 aromatic heterocycles. The molecule has 0 bridgehead atoms. The zero-order valence-electron chi connectivity index (χ0n) is 15.6. The molecule has 1 aromatic carbocycles. The van der Waals surface area contributed by atoms with Gasteiger partial charge in [-0.2, -0.15) is 5.10 Å². The van der Waals surface area contributed by atoms with E-state index >= 15 is 0 Å². The molecule has 0 saturated carbocycles. The van der Waals surface area contributed by atoms with Crippen molar-refractivity contribution in [2.75, 3.05) is 13.1 Å². The number of aromatic nitrogens is 2. The Morgan fingerprint density at radius 3 is 2.56 bits per heavy atom. The number of halogens is 1. The average Bonchev–Trinajstić information content (AvgIpc) is 2.92. The molecule has 0 spiro atoms. The van der Waals surface area contributed by atoms with Gasteiger partial charge in [-0.1, -0.05) is 17.7 Å². The molecule has 0 radical (unpaired) electrons. The van der Waals surface area contributed by atoms with Crippen LogP contribution in [0.3, 0.4) is 0 Å². The summed E-state index contributed by atoms with van der Waals surface area (Å²) in [6.45, 7) is 12.0. The summed E-state index contributed by atoms with van der Waals surface area (Å²) in [4.78, 5) is 14.8. The normalized spacial score (nSPS) is 11.6. The van der Waals surface area contributed by atoms with Crippen molar-refractivity contribution >= 4 is 17.5 Å². The third kappa shape index (κ3) is 4.83. The number of hydrogen-bond donors (Lipinski definition) is 1. The number of carbonyl (C=O) groups excluding carboxylic acids is 1. The number of hydrogen-bond acceptors (Lipinski definition) is 3. The highest BCUT2D eigenvalue weighted by Crippen LogP contribution is 2.18. The van der Waals surface area contributed by atoms with Gasteiger partial charge in [-0.05, 0) is 52.8 Å². The van der Waals surface area contributed by atoms with Gasteiger partial charge in [-0.25, -0.2) is 4.68 Å². The predicted molar refractivity (Wildman–Crippen MR) is 103 cm³/mol. The van der Waals surface area contributed by atoms with Gasteiger partial charge in [0.1, 0.15) is 0 Å². The molecule has 0 aliphatic carbocycles. The second-order valence-corrected chi connectivity index (χ2v) is 7.15. The van der Waals surface area contributed by atoms with Crippen molar-refractivity contribution in [2.45, 2.75) is 46.7 Å². The lowest BCUT2D eigenvalue weighted by atomic mass is 10.2. The van der Waals surface area contributed by atoms with Crippen LogP contribution in [0.5, 0.6) is 0 Å². The van der Waals surface area contributed by atoms with Crippen molar-refractivity contribution in [3.05, 3.63) is 46.7 Å². The van der Waals surface area contributed by atoms with E-state index in [2.05, 4.69) is 43.0 Å². The van der Waals surface area contributed by atoms with Crippen molar-refractivity contribution in [3.8, 4) is 5.69 Å². The number of amides is 1. The molecule has 25 heavy (non-hydrogen) atoms. The maximum Gasteiger partial charge on any atom is 0.254 e. The second kappa shape index (κ2) is 8.50. The Morgan fingerprint density at radius 2 is 1.96 bits per heavy atom. The summed E-state index contributed by atoms with van der Waals surface area (Å²) in [6, 6.07) is 8.31. The smallest absolute Gasteiger partial charge is 0.254 e. The Balaban J connectivity index is 2.04. The van der Waals surface area contributed by atoms with Gasteiger partial charge in [-0.15, -0.1) is 0 Å². The second-order valence-electron chi connectivity index (χ2n) is 6.72. The quantitative estimate of drug-likeness (QED) is 0.817. The van der Waals surface area contributed by atoms with Gasteiger partial charge < -0.3 is 5.32 Å². The third-order valence-electron chi connectivity index (χ3n) is 4.29. The minimum Gasteiger partial charge on any atom is -0.351 e. The van der Waals surface area contributed by atoms with Crippen molar-refractivity contribution in [3.63, 3.8) is 0 Å². The number of rotatable bonds is 7. The van der Waals surface area contributed by atoms with Crippen LogP contribution in [0.1, 0.15) is 43.7 Å². The lowest BCUT2D eigenvalue weighted by Crippen LogP contribution is -2.42. The van der Waals surface area contributed by atoms with Crippen LogP contribution in [0.2, 0.25) is 5.02 Å². The van der Waals surface area contributed by atoms with Crippen LogP contribution < -0.4 is 5.32 Å². The van der Waals surface area contributed by atoms with E-state index in [1.807, 2.05) is 31.2 Å². The van der Waals surface area contributed by atoms with E-state index in [1.165, 1.54) is 0 Å². The summed E-state index contributed by atoms with van der Waals surface area (Å²) in [6.07, 6.45) is 1.61. The highest BCUT2D eigenvalue weighted by atomic mass is 35.5. The summed E-state index contributed by atoms with van der Waals surface area (Å²) >= 11 is 6.04. The van der Waals surface area contributed by atoms with Gasteiger partial charge >= 0.3 is 0 Å². The monoisotopic (exact) mass is 362 g/mol. The van der Waals surface area contributed by atoms with Crippen LogP contribution in [0.25, 0.3) is 5.69 Å². The minimum atomic E-state index is -0.0989. The first-order chi connectivity index (χ1) is 11.8. The molecular formula is C19H27ClN4O. The number of nitrogens with one attached hydrogen (secondary N) is 1. The molecule has 6 heteroatoms. The molecule has 0 aliphatic heterocycles. The molecule has 0 atom stereocenters. The van der Waals surface area contributed by atoms with Gasteiger partial charge in [0.15, 0.2) is 0 Å². The first-order valence-electron chi connectivity index (χ1n) is 8.65. The number of nitrogens with zero attached hydrogens (tertiary/aromatic N) is 3. The molecule has 0 aliphatic rings. The average molecular weight is 363 g/mol. The molecule has 5 nitrogen and oxygen atoms in total. The molecule has 2 aromatic rings. The van der Waals surface area contributed by atoms with Gasteiger partial charge in [0.05, 0.1) is 23.1 Å². The highest BCUT2D eigenvalue weighted by Gasteiger charge is 2.17. The van der Waals surface area contributed by atoms with Crippen LogP contribution in [-0.2, 0) is 0 Å². The zero-order valence-corrected chi connectivity index (χ0v) is 16.3. The van der Waals surface area contributed by atoms with Gasteiger partial charge in [0.25, 0.3) is 5.91 Å². The minimum absolute atomic E-state index is 0.0989. The Hall–Kier alpha value is -1.85. The van der Waals surface area contributed by atoms with E-state index in [-0.39, 0.29) is 5.91 Å². The topological polar surface area (TPSA) is 50.2 Å². The van der Waals surface area contributed by atoms with Crippen LogP contribution in [0.15, 0.2) is 30.5 Å². The Kier molecular flexibility index (Phi) is 6.62. The maximum atomic E-state index is 12.5. The molecule has 1 amide bonds. The van der Waals surface area contributed by atoms with Crippen molar-refractivity contribution in [1.29, 1.82) is 0 Å². The molecule has 0 saturated heterocycles. The van der Waals surface area contributed by atoms with Gasteiger partial charge in [0, 0.05) is 30.2 Å². The number of carbonyl (C=O) groups is 1. The molecule has 0 unspecified atom stereocenters. The molecule has 0 fully saturated rings. The van der Waals surface area contributed by atoms with Crippen LogP contribution in [0, 0.1) is 6.92 Å². The fourth-order valence-electron chi connectivity index (χ4n) is 3.01. The van der Waals surface area contributed by atoms with E-state index < -0.39 is 0 Å². The molecule has 2 rings (SSSR count). The molecular weight excluding hydrogens is 336 g/mol. The van der Waals surface area contributed by atoms with Gasteiger partial charge in [-0.3, -0.25) is 9.69 Å². The van der Waals surface area contributed by atoms with Gasteiger partial charge in [0.2, 0.25) is 0 Å². The Morgan fingerprint density at radius 1 is 1.28 bits per heavy atom. The fraction of sp³-hybridized carbons (Fsp3) is 0.474. The van der Waals surface area contributed by atoms with Crippen LogP contribution in [-0.4, -0.2) is 45.8 Å².